The number of fused-ring (bicyclic) bond motifs is 4. The minimum absolute atomic E-state index is 0.204. The Morgan fingerprint density at radius 2 is 1.74 bits per heavy atom. The molecular weight excluding hydrogens is 553 g/mol. The van der Waals surface area contributed by atoms with Gasteiger partial charge in [-0.2, -0.15) is 0 Å². The van der Waals surface area contributed by atoms with E-state index in [1.54, 1.807) is 29.2 Å². The number of cyclic esters (lactones) is 1. The number of rotatable bonds is 7. The Morgan fingerprint density at radius 3 is 2.45 bits per heavy atom. The molecule has 1 N–H and O–H groups in total. The average molecular weight is 583 g/mol. The number of halogens is 3. The first-order chi connectivity index (χ1) is 20.0. The summed E-state index contributed by atoms with van der Waals surface area (Å²) in [6.45, 7) is 5.31. The van der Waals surface area contributed by atoms with Gasteiger partial charge in [-0.15, -0.1) is 13.2 Å². The number of amides is 2. The van der Waals surface area contributed by atoms with Gasteiger partial charge in [-0.25, -0.2) is 4.79 Å². The van der Waals surface area contributed by atoms with Crippen LogP contribution in [-0.4, -0.2) is 55.2 Å². The quantitative estimate of drug-likeness (QED) is 0.386. The van der Waals surface area contributed by atoms with Crippen molar-refractivity contribution in [3.8, 4) is 17.2 Å². The summed E-state index contributed by atoms with van der Waals surface area (Å²) in [6, 6.07) is 18.6. The highest BCUT2D eigenvalue weighted by Gasteiger charge is 2.62. The lowest BCUT2D eigenvalue weighted by atomic mass is 9.58. The Hall–Kier alpha value is -4.41. The number of benzene rings is 3. The fourth-order valence-electron chi connectivity index (χ4n) is 6.32. The van der Waals surface area contributed by atoms with Crippen molar-refractivity contribution in [2.24, 2.45) is 5.92 Å². The van der Waals surface area contributed by atoms with Crippen LogP contribution < -0.4 is 19.5 Å². The van der Waals surface area contributed by atoms with E-state index in [1.165, 1.54) is 12.1 Å². The predicted octanol–water partition coefficient (Wildman–Crippen LogP) is 5.68. The summed E-state index contributed by atoms with van der Waals surface area (Å²) < 4.78 is 59.6. The molecule has 0 radical (unpaired) electrons. The summed E-state index contributed by atoms with van der Waals surface area (Å²) in [5, 5.41) is 3.05. The van der Waals surface area contributed by atoms with E-state index in [-0.39, 0.29) is 24.4 Å². The lowest BCUT2D eigenvalue weighted by Gasteiger charge is -2.50. The smallest absolute Gasteiger partial charge is 0.492 e. The third-order valence-corrected chi connectivity index (χ3v) is 8.14. The van der Waals surface area contributed by atoms with E-state index in [0.29, 0.717) is 48.9 Å². The maximum absolute atomic E-state index is 14.1. The van der Waals surface area contributed by atoms with E-state index in [0.717, 1.165) is 11.1 Å². The molecule has 1 saturated heterocycles. The monoisotopic (exact) mass is 582 g/mol. The fourth-order valence-corrected chi connectivity index (χ4v) is 6.32. The number of hydrogen-bond acceptors (Lipinski definition) is 6. The number of carbonyl (C=O) groups excluding carboxylic acids is 2. The highest BCUT2D eigenvalue weighted by Crippen LogP contribution is 2.58. The normalized spacial score (nSPS) is 22.2. The minimum atomic E-state index is -4.79. The SMILES string of the molecule is CC1(C)Oc2cc(OCCN3CCOC3=O)ccc2C2(C(=O)Nc3ccccc32)C1Cc1ccc(OC(F)(F)F)cc1. The Kier molecular flexibility index (Phi) is 6.70. The van der Waals surface area contributed by atoms with Gasteiger partial charge < -0.3 is 29.2 Å². The number of para-hydroxylation sites is 1. The van der Waals surface area contributed by atoms with Gasteiger partial charge in [0.25, 0.3) is 0 Å². The third kappa shape index (κ3) is 4.86. The zero-order valence-corrected chi connectivity index (χ0v) is 23.0. The van der Waals surface area contributed by atoms with Gasteiger partial charge in [0.15, 0.2) is 0 Å². The third-order valence-electron chi connectivity index (χ3n) is 8.14. The van der Waals surface area contributed by atoms with Gasteiger partial charge in [0.1, 0.15) is 41.5 Å². The molecule has 42 heavy (non-hydrogen) atoms. The summed E-state index contributed by atoms with van der Waals surface area (Å²) in [7, 11) is 0. The van der Waals surface area contributed by atoms with E-state index >= 15 is 0 Å². The van der Waals surface area contributed by atoms with Crippen molar-refractivity contribution in [2.75, 3.05) is 31.6 Å². The molecule has 0 aliphatic carbocycles. The Labute approximate surface area is 240 Å². The van der Waals surface area contributed by atoms with Crippen molar-refractivity contribution in [2.45, 2.75) is 37.6 Å². The predicted molar refractivity (Wildman–Crippen MR) is 146 cm³/mol. The fraction of sp³-hybridized carbons (Fsp3) is 0.355. The van der Waals surface area contributed by atoms with E-state index < -0.39 is 23.3 Å². The first kappa shape index (κ1) is 27.7. The highest BCUT2D eigenvalue weighted by atomic mass is 19.4. The van der Waals surface area contributed by atoms with Gasteiger partial charge in [-0.1, -0.05) is 36.4 Å². The van der Waals surface area contributed by atoms with Crippen molar-refractivity contribution in [3.63, 3.8) is 0 Å². The summed E-state index contributed by atoms with van der Waals surface area (Å²) in [4.78, 5) is 27.4. The van der Waals surface area contributed by atoms with Crippen LogP contribution in [0.4, 0.5) is 23.7 Å². The maximum Gasteiger partial charge on any atom is 0.573 e. The number of anilines is 1. The summed E-state index contributed by atoms with van der Waals surface area (Å²) in [5.41, 5.74) is 0.861. The second kappa shape index (κ2) is 10.1. The van der Waals surface area contributed by atoms with Gasteiger partial charge in [0.2, 0.25) is 5.91 Å². The van der Waals surface area contributed by atoms with Crippen molar-refractivity contribution < 1.29 is 41.7 Å². The summed E-state index contributed by atoms with van der Waals surface area (Å²) in [5.74, 6) is 0.0596. The standard InChI is InChI=1S/C31H29F3N2O6/c1-29(2)26(17-19-7-9-20(10-8-19)41-31(32,33)34)30(22-5-3-4-6-24(22)35-27(30)37)23-12-11-21(18-25(23)42-29)39-15-13-36-14-16-40-28(36)38/h3-12,18,26H,13-17H2,1-2H3,(H,35,37). The first-order valence-corrected chi connectivity index (χ1v) is 13.6. The molecule has 0 saturated carbocycles. The highest BCUT2D eigenvalue weighted by molar-refractivity contribution is 6.09. The minimum Gasteiger partial charge on any atom is -0.492 e. The molecule has 6 rings (SSSR count). The van der Waals surface area contributed by atoms with Gasteiger partial charge >= 0.3 is 12.5 Å². The largest absolute Gasteiger partial charge is 0.573 e. The molecule has 1 fully saturated rings. The van der Waals surface area contributed by atoms with E-state index in [9.17, 15) is 22.8 Å². The average Bonchev–Trinajstić information content (AvgIpc) is 3.46. The number of nitrogens with zero attached hydrogens (tertiary/aromatic N) is 1. The topological polar surface area (TPSA) is 86.3 Å². The van der Waals surface area contributed by atoms with Crippen LogP contribution >= 0.6 is 0 Å². The molecule has 3 aromatic carbocycles. The molecule has 0 bridgehead atoms. The Bertz CT molecular complexity index is 1520. The Morgan fingerprint density at radius 1 is 1.00 bits per heavy atom. The van der Waals surface area contributed by atoms with Crippen LogP contribution in [0.3, 0.4) is 0 Å². The maximum atomic E-state index is 14.1. The van der Waals surface area contributed by atoms with Crippen LogP contribution in [0.25, 0.3) is 0 Å². The molecule has 3 aliphatic rings. The molecule has 2 unspecified atom stereocenters. The second-order valence-electron chi connectivity index (χ2n) is 11.1. The van der Waals surface area contributed by atoms with Crippen LogP contribution in [0.2, 0.25) is 0 Å². The van der Waals surface area contributed by atoms with Crippen LogP contribution in [-0.2, 0) is 21.4 Å². The zero-order valence-electron chi connectivity index (χ0n) is 23.0. The molecule has 2 amide bonds. The zero-order chi connectivity index (χ0) is 29.7. The van der Waals surface area contributed by atoms with Crippen LogP contribution in [0.5, 0.6) is 17.2 Å². The molecule has 2 atom stereocenters. The van der Waals surface area contributed by atoms with Crippen molar-refractivity contribution >= 4 is 17.7 Å². The summed E-state index contributed by atoms with van der Waals surface area (Å²) in [6.07, 6.45) is -4.82. The van der Waals surface area contributed by atoms with E-state index in [4.69, 9.17) is 14.2 Å². The molecule has 1 spiro atoms. The van der Waals surface area contributed by atoms with E-state index in [2.05, 4.69) is 10.1 Å². The number of hydrogen-bond donors (Lipinski definition) is 1. The first-order valence-electron chi connectivity index (χ1n) is 13.6. The number of alkyl halides is 3. The van der Waals surface area contributed by atoms with Gasteiger partial charge in [-0.3, -0.25) is 4.79 Å². The van der Waals surface area contributed by atoms with Gasteiger partial charge in [0, 0.05) is 23.2 Å². The van der Waals surface area contributed by atoms with Crippen molar-refractivity contribution in [1.82, 2.24) is 4.90 Å². The molecule has 11 heteroatoms. The molecular formula is C31H29F3N2O6. The van der Waals surface area contributed by atoms with Crippen molar-refractivity contribution in [3.05, 3.63) is 83.4 Å². The van der Waals surface area contributed by atoms with Gasteiger partial charge in [-0.05, 0) is 55.7 Å². The number of carbonyl (C=O) groups is 2. The molecule has 0 aromatic heterocycles. The van der Waals surface area contributed by atoms with E-state index in [1.807, 2.05) is 44.2 Å². The van der Waals surface area contributed by atoms with Crippen LogP contribution in [0.1, 0.15) is 30.5 Å². The molecule has 3 heterocycles. The lowest BCUT2D eigenvalue weighted by molar-refractivity contribution is -0.274. The lowest BCUT2D eigenvalue weighted by Crippen LogP contribution is -2.58. The van der Waals surface area contributed by atoms with Crippen LogP contribution in [0.15, 0.2) is 66.7 Å². The summed E-state index contributed by atoms with van der Waals surface area (Å²) >= 11 is 0. The Balaban J connectivity index is 1.36. The van der Waals surface area contributed by atoms with Gasteiger partial charge in [0.05, 0.1) is 13.1 Å². The number of ether oxygens (including phenoxy) is 4. The molecule has 3 aromatic rings. The molecule has 8 nitrogen and oxygen atoms in total. The molecule has 3 aliphatic heterocycles. The second-order valence-corrected chi connectivity index (χ2v) is 11.1. The van der Waals surface area contributed by atoms with Crippen LogP contribution in [0, 0.1) is 5.92 Å². The van der Waals surface area contributed by atoms with Crippen molar-refractivity contribution in [1.29, 1.82) is 0 Å². The number of nitrogens with one attached hydrogen (secondary N) is 1. The molecule has 220 valence electrons.